The minimum atomic E-state index is -3.41. The van der Waals surface area contributed by atoms with E-state index in [1.54, 1.807) is 11.2 Å². The summed E-state index contributed by atoms with van der Waals surface area (Å²) in [4.78, 5) is 0. The lowest BCUT2D eigenvalue weighted by molar-refractivity contribution is 0.243. The standard InChI is InChI=1S/C12H23N3O2S/c1-4-14(10-11(2)9-13)18(16,17)15-8-6-5-7-12(15)3/h11-12H,4-8,10H2,1-3H3. The van der Waals surface area contributed by atoms with E-state index < -0.39 is 10.2 Å². The first kappa shape index (κ1) is 15.4. The number of rotatable bonds is 5. The zero-order valence-electron chi connectivity index (χ0n) is 11.5. The largest absolute Gasteiger partial charge is 0.282 e. The number of nitriles is 1. The maximum absolute atomic E-state index is 12.5. The maximum atomic E-state index is 12.5. The van der Waals surface area contributed by atoms with Gasteiger partial charge in [-0.1, -0.05) is 13.3 Å². The number of hydrogen-bond acceptors (Lipinski definition) is 3. The van der Waals surface area contributed by atoms with Gasteiger partial charge in [-0.25, -0.2) is 0 Å². The molecule has 104 valence electrons. The van der Waals surface area contributed by atoms with Gasteiger partial charge in [0.25, 0.3) is 10.2 Å². The summed E-state index contributed by atoms with van der Waals surface area (Å²) < 4.78 is 28.0. The molecule has 0 bridgehead atoms. The summed E-state index contributed by atoms with van der Waals surface area (Å²) in [7, 11) is -3.41. The van der Waals surface area contributed by atoms with E-state index >= 15 is 0 Å². The third-order valence-corrected chi connectivity index (χ3v) is 5.61. The molecule has 18 heavy (non-hydrogen) atoms. The third-order valence-electron chi connectivity index (χ3n) is 3.42. The Balaban J connectivity index is 2.85. The highest BCUT2D eigenvalue weighted by Gasteiger charge is 2.34. The molecule has 0 aromatic rings. The molecule has 1 rings (SSSR count). The van der Waals surface area contributed by atoms with E-state index in [2.05, 4.69) is 6.07 Å². The first-order valence-electron chi connectivity index (χ1n) is 6.60. The number of nitrogens with zero attached hydrogens (tertiary/aromatic N) is 3. The Kier molecular flexibility index (Phi) is 5.57. The predicted octanol–water partition coefficient (Wildman–Crippen LogP) is 1.59. The van der Waals surface area contributed by atoms with E-state index in [0.29, 0.717) is 13.1 Å². The molecule has 1 fully saturated rings. The lowest BCUT2D eigenvalue weighted by Gasteiger charge is -2.36. The fourth-order valence-electron chi connectivity index (χ4n) is 2.30. The predicted molar refractivity (Wildman–Crippen MR) is 71.0 cm³/mol. The van der Waals surface area contributed by atoms with E-state index in [4.69, 9.17) is 5.26 Å². The molecule has 2 unspecified atom stereocenters. The van der Waals surface area contributed by atoms with Crippen molar-refractivity contribution in [3.8, 4) is 6.07 Å². The molecular formula is C12H23N3O2S. The summed E-state index contributed by atoms with van der Waals surface area (Å²) >= 11 is 0. The molecule has 6 heteroatoms. The van der Waals surface area contributed by atoms with Crippen molar-refractivity contribution >= 4 is 10.2 Å². The van der Waals surface area contributed by atoms with Crippen LogP contribution in [0.1, 0.15) is 40.0 Å². The summed E-state index contributed by atoms with van der Waals surface area (Å²) in [6.07, 6.45) is 2.94. The van der Waals surface area contributed by atoms with Crippen LogP contribution in [0.5, 0.6) is 0 Å². The quantitative estimate of drug-likeness (QED) is 0.764. The van der Waals surface area contributed by atoms with Crippen molar-refractivity contribution < 1.29 is 8.42 Å². The first-order chi connectivity index (χ1) is 8.43. The van der Waals surface area contributed by atoms with Gasteiger partial charge in [-0.3, -0.25) is 0 Å². The van der Waals surface area contributed by atoms with Crippen molar-refractivity contribution in [2.45, 2.75) is 46.1 Å². The van der Waals surface area contributed by atoms with E-state index in [9.17, 15) is 8.42 Å². The van der Waals surface area contributed by atoms with Crippen LogP contribution in [0.4, 0.5) is 0 Å². The molecule has 1 heterocycles. The maximum Gasteiger partial charge on any atom is 0.282 e. The molecule has 0 radical (unpaired) electrons. The topological polar surface area (TPSA) is 64.4 Å². The molecule has 5 nitrogen and oxygen atoms in total. The Morgan fingerprint density at radius 3 is 2.67 bits per heavy atom. The summed E-state index contributed by atoms with van der Waals surface area (Å²) in [5.41, 5.74) is 0. The minimum Gasteiger partial charge on any atom is -0.198 e. The first-order valence-corrected chi connectivity index (χ1v) is 7.99. The van der Waals surface area contributed by atoms with Gasteiger partial charge in [0.05, 0.1) is 12.0 Å². The molecule has 1 aliphatic rings. The van der Waals surface area contributed by atoms with Crippen LogP contribution in [0, 0.1) is 17.2 Å². The van der Waals surface area contributed by atoms with Gasteiger partial charge in [0.2, 0.25) is 0 Å². The fourth-order valence-corrected chi connectivity index (χ4v) is 4.25. The molecule has 0 N–H and O–H groups in total. The Bertz CT molecular complexity index is 402. The third kappa shape index (κ3) is 3.44. The van der Waals surface area contributed by atoms with Crippen molar-refractivity contribution in [2.24, 2.45) is 5.92 Å². The van der Waals surface area contributed by atoms with Gasteiger partial charge in [0, 0.05) is 25.7 Å². The average Bonchev–Trinajstić information content (AvgIpc) is 2.35. The Labute approximate surface area is 111 Å². The van der Waals surface area contributed by atoms with Crippen molar-refractivity contribution in [3.63, 3.8) is 0 Å². The van der Waals surface area contributed by atoms with Gasteiger partial charge < -0.3 is 0 Å². The van der Waals surface area contributed by atoms with Crippen LogP contribution < -0.4 is 0 Å². The molecule has 1 saturated heterocycles. The smallest absolute Gasteiger partial charge is 0.198 e. The summed E-state index contributed by atoms with van der Waals surface area (Å²) in [5, 5.41) is 8.82. The van der Waals surface area contributed by atoms with Crippen molar-refractivity contribution in [1.82, 2.24) is 8.61 Å². The number of piperidine rings is 1. The van der Waals surface area contributed by atoms with E-state index in [1.807, 2.05) is 13.8 Å². The second-order valence-electron chi connectivity index (χ2n) is 4.94. The summed E-state index contributed by atoms with van der Waals surface area (Å²) in [6, 6.07) is 2.16. The second kappa shape index (κ2) is 6.50. The zero-order valence-corrected chi connectivity index (χ0v) is 12.3. The SMILES string of the molecule is CCN(CC(C)C#N)S(=O)(=O)N1CCCCC1C. The molecule has 1 aliphatic heterocycles. The summed E-state index contributed by atoms with van der Waals surface area (Å²) in [6.45, 7) is 6.81. The highest BCUT2D eigenvalue weighted by Crippen LogP contribution is 2.22. The monoisotopic (exact) mass is 273 g/mol. The van der Waals surface area contributed by atoms with Crippen molar-refractivity contribution in [3.05, 3.63) is 0 Å². The van der Waals surface area contributed by atoms with Crippen LogP contribution in [0.2, 0.25) is 0 Å². The number of hydrogen-bond donors (Lipinski definition) is 0. The van der Waals surface area contributed by atoms with Crippen LogP contribution in [-0.4, -0.2) is 42.7 Å². The van der Waals surface area contributed by atoms with Gasteiger partial charge in [0.1, 0.15) is 0 Å². The highest BCUT2D eigenvalue weighted by molar-refractivity contribution is 7.86. The Hall–Kier alpha value is -0.640. The van der Waals surface area contributed by atoms with Crippen LogP contribution in [0.15, 0.2) is 0 Å². The molecular weight excluding hydrogens is 250 g/mol. The van der Waals surface area contributed by atoms with Gasteiger partial charge in [0.15, 0.2) is 0 Å². The van der Waals surface area contributed by atoms with Crippen LogP contribution in [0.25, 0.3) is 0 Å². The van der Waals surface area contributed by atoms with Gasteiger partial charge in [-0.15, -0.1) is 0 Å². The minimum absolute atomic E-state index is 0.0650. The molecule has 0 aromatic heterocycles. The van der Waals surface area contributed by atoms with Crippen LogP contribution in [-0.2, 0) is 10.2 Å². The Morgan fingerprint density at radius 1 is 1.50 bits per heavy atom. The van der Waals surface area contributed by atoms with Gasteiger partial charge in [-0.05, 0) is 26.7 Å². The second-order valence-corrected chi connectivity index (χ2v) is 6.83. The zero-order chi connectivity index (χ0) is 13.8. The lowest BCUT2D eigenvalue weighted by atomic mass is 10.1. The lowest BCUT2D eigenvalue weighted by Crippen LogP contribution is -2.50. The molecule has 0 aliphatic carbocycles. The molecule has 0 saturated carbocycles. The van der Waals surface area contributed by atoms with Gasteiger partial charge >= 0.3 is 0 Å². The molecule has 0 spiro atoms. The molecule has 0 aromatic carbocycles. The van der Waals surface area contributed by atoms with E-state index in [0.717, 1.165) is 19.3 Å². The molecule has 2 atom stereocenters. The van der Waals surface area contributed by atoms with Crippen LogP contribution >= 0.6 is 0 Å². The van der Waals surface area contributed by atoms with Crippen molar-refractivity contribution in [2.75, 3.05) is 19.6 Å². The Morgan fingerprint density at radius 2 is 2.17 bits per heavy atom. The molecule has 0 amide bonds. The highest BCUT2D eigenvalue weighted by atomic mass is 32.2. The van der Waals surface area contributed by atoms with E-state index in [-0.39, 0.29) is 18.5 Å². The van der Waals surface area contributed by atoms with E-state index in [1.165, 1.54) is 4.31 Å². The van der Waals surface area contributed by atoms with Crippen molar-refractivity contribution in [1.29, 1.82) is 5.26 Å². The summed E-state index contributed by atoms with van der Waals surface area (Å²) in [5.74, 6) is -0.278. The van der Waals surface area contributed by atoms with Gasteiger partial charge in [-0.2, -0.15) is 22.3 Å². The fraction of sp³-hybridized carbons (Fsp3) is 0.917. The average molecular weight is 273 g/mol. The van der Waals surface area contributed by atoms with Crippen LogP contribution in [0.3, 0.4) is 0 Å². The normalized spacial score (nSPS) is 23.8.